The van der Waals surface area contributed by atoms with Crippen molar-refractivity contribution < 1.29 is 9.53 Å². The minimum absolute atomic E-state index is 0.0848. The van der Waals surface area contributed by atoms with Crippen molar-refractivity contribution in [3.8, 4) is 11.8 Å². The van der Waals surface area contributed by atoms with Crippen molar-refractivity contribution in [2.24, 2.45) is 0 Å². The van der Waals surface area contributed by atoms with Crippen molar-refractivity contribution >= 4 is 5.91 Å². The molecule has 2 rings (SSSR count). The summed E-state index contributed by atoms with van der Waals surface area (Å²) in [7, 11) is 3.95. The van der Waals surface area contributed by atoms with Gasteiger partial charge in [-0.05, 0) is 31.8 Å². The Hall–Kier alpha value is -2.84. The average molecular weight is 323 g/mol. The van der Waals surface area contributed by atoms with Crippen LogP contribution in [-0.2, 0) is 4.79 Å². The molecular formula is C19H21N3O2. The Morgan fingerprint density at radius 3 is 2.50 bits per heavy atom. The van der Waals surface area contributed by atoms with E-state index in [0.29, 0.717) is 17.9 Å². The number of carbonyl (C=O) groups is 1. The number of rotatable bonds is 7. The zero-order valence-electron chi connectivity index (χ0n) is 13.9. The van der Waals surface area contributed by atoms with Gasteiger partial charge in [-0.1, -0.05) is 42.5 Å². The number of hydrogen-bond acceptors (Lipinski definition) is 4. The van der Waals surface area contributed by atoms with Crippen LogP contribution in [0.4, 0.5) is 0 Å². The van der Waals surface area contributed by atoms with Gasteiger partial charge in [-0.3, -0.25) is 4.79 Å². The van der Waals surface area contributed by atoms with Crippen molar-refractivity contribution in [1.29, 1.82) is 5.26 Å². The van der Waals surface area contributed by atoms with Gasteiger partial charge in [-0.15, -0.1) is 0 Å². The van der Waals surface area contributed by atoms with Gasteiger partial charge in [0, 0.05) is 6.54 Å². The molecule has 124 valence electrons. The van der Waals surface area contributed by atoms with Gasteiger partial charge >= 0.3 is 0 Å². The summed E-state index contributed by atoms with van der Waals surface area (Å²) in [5.74, 6) is 0.202. The van der Waals surface area contributed by atoms with Crippen LogP contribution in [0.25, 0.3) is 0 Å². The molecule has 0 radical (unpaired) electrons. The van der Waals surface area contributed by atoms with E-state index in [1.807, 2.05) is 50.5 Å². The first-order valence-corrected chi connectivity index (χ1v) is 7.72. The summed E-state index contributed by atoms with van der Waals surface area (Å²) in [5.41, 5.74) is 1.55. The number of benzene rings is 2. The van der Waals surface area contributed by atoms with Gasteiger partial charge in [0.05, 0.1) is 11.6 Å². The molecule has 5 heteroatoms. The molecular weight excluding hydrogens is 302 g/mol. The normalized spacial score (nSPS) is 11.6. The fourth-order valence-corrected chi connectivity index (χ4v) is 2.36. The minimum Gasteiger partial charge on any atom is -0.482 e. The molecule has 2 aromatic carbocycles. The molecule has 0 aromatic heterocycles. The zero-order valence-corrected chi connectivity index (χ0v) is 13.9. The van der Waals surface area contributed by atoms with Gasteiger partial charge in [0.2, 0.25) is 0 Å². The molecule has 0 spiro atoms. The number of nitrogens with one attached hydrogen (secondary N) is 1. The van der Waals surface area contributed by atoms with Crippen molar-refractivity contribution in [2.45, 2.75) is 6.04 Å². The molecule has 0 unspecified atom stereocenters. The highest BCUT2D eigenvalue weighted by molar-refractivity contribution is 5.77. The van der Waals surface area contributed by atoms with E-state index in [0.717, 1.165) is 5.56 Å². The van der Waals surface area contributed by atoms with Crippen molar-refractivity contribution in [1.82, 2.24) is 10.2 Å². The third-order valence-corrected chi connectivity index (χ3v) is 3.67. The van der Waals surface area contributed by atoms with Crippen LogP contribution in [0, 0.1) is 11.3 Å². The second-order valence-corrected chi connectivity index (χ2v) is 5.59. The SMILES string of the molecule is CN(C)[C@H](CNC(=O)COc1ccccc1C#N)c1ccccc1. The minimum atomic E-state index is -0.217. The topological polar surface area (TPSA) is 65.4 Å². The molecule has 1 N–H and O–H groups in total. The van der Waals surface area contributed by atoms with E-state index in [1.165, 1.54) is 0 Å². The van der Waals surface area contributed by atoms with Crippen LogP contribution in [0.3, 0.4) is 0 Å². The summed E-state index contributed by atoms with van der Waals surface area (Å²) in [6.07, 6.45) is 0. The first-order chi connectivity index (χ1) is 11.6. The molecule has 0 fully saturated rings. The Balaban J connectivity index is 1.89. The van der Waals surface area contributed by atoms with E-state index >= 15 is 0 Å². The van der Waals surface area contributed by atoms with Gasteiger partial charge in [0.25, 0.3) is 5.91 Å². The van der Waals surface area contributed by atoms with E-state index in [-0.39, 0.29) is 18.6 Å². The predicted molar refractivity (Wildman–Crippen MR) is 92.5 cm³/mol. The van der Waals surface area contributed by atoms with Gasteiger partial charge < -0.3 is 15.0 Å². The third-order valence-electron chi connectivity index (χ3n) is 3.67. The molecule has 0 saturated carbocycles. The molecule has 24 heavy (non-hydrogen) atoms. The zero-order chi connectivity index (χ0) is 17.4. The fourth-order valence-electron chi connectivity index (χ4n) is 2.36. The Morgan fingerprint density at radius 2 is 1.83 bits per heavy atom. The molecule has 0 aliphatic rings. The highest BCUT2D eigenvalue weighted by atomic mass is 16.5. The molecule has 0 heterocycles. The molecule has 0 aliphatic carbocycles. The van der Waals surface area contributed by atoms with E-state index in [1.54, 1.807) is 24.3 Å². The first-order valence-electron chi connectivity index (χ1n) is 7.72. The standard InChI is InChI=1S/C19H21N3O2/c1-22(2)17(15-8-4-3-5-9-15)13-21-19(23)14-24-18-11-7-6-10-16(18)12-20/h3-11,17H,13-14H2,1-2H3,(H,21,23)/t17-/m1/s1. The predicted octanol–water partition coefficient (Wildman–Crippen LogP) is 2.36. The third kappa shape index (κ3) is 4.83. The first kappa shape index (κ1) is 17.5. The van der Waals surface area contributed by atoms with Crippen molar-refractivity contribution in [2.75, 3.05) is 27.2 Å². The Labute approximate surface area is 142 Å². The summed E-state index contributed by atoms with van der Waals surface area (Å²) in [6.45, 7) is 0.368. The number of para-hydroxylation sites is 1. The molecule has 1 amide bonds. The second-order valence-electron chi connectivity index (χ2n) is 5.59. The van der Waals surface area contributed by atoms with Crippen molar-refractivity contribution in [3.63, 3.8) is 0 Å². The quantitative estimate of drug-likeness (QED) is 0.849. The lowest BCUT2D eigenvalue weighted by Crippen LogP contribution is -2.36. The van der Waals surface area contributed by atoms with Gasteiger partial charge in [-0.25, -0.2) is 0 Å². The van der Waals surface area contributed by atoms with E-state index < -0.39 is 0 Å². The molecule has 0 aliphatic heterocycles. The summed E-state index contributed by atoms with van der Waals surface area (Å²) < 4.78 is 5.44. The van der Waals surface area contributed by atoms with Crippen LogP contribution in [0.2, 0.25) is 0 Å². The van der Waals surface area contributed by atoms with Crippen LogP contribution < -0.4 is 10.1 Å². The lowest BCUT2D eigenvalue weighted by molar-refractivity contribution is -0.123. The molecule has 0 bridgehead atoms. The van der Waals surface area contributed by atoms with Crippen LogP contribution in [-0.4, -0.2) is 38.1 Å². The van der Waals surface area contributed by atoms with E-state index in [9.17, 15) is 4.79 Å². The Bertz CT molecular complexity index is 708. The molecule has 1 atom stereocenters. The molecule has 5 nitrogen and oxygen atoms in total. The number of ether oxygens (including phenoxy) is 1. The van der Waals surface area contributed by atoms with Crippen molar-refractivity contribution in [3.05, 3.63) is 65.7 Å². The summed E-state index contributed by atoms with van der Waals surface area (Å²) >= 11 is 0. The van der Waals surface area contributed by atoms with E-state index in [2.05, 4.69) is 10.2 Å². The summed E-state index contributed by atoms with van der Waals surface area (Å²) in [6, 6.07) is 19.0. The number of nitrogens with zero attached hydrogens (tertiary/aromatic N) is 2. The highest BCUT2D eigenvalue weighted by Crippen LogP contribution is 2.17. The number of hydrogen-bond donors (Lipinski definition) is 1. The smallest absolute Gasteiger partial charge is 0.258 e. The van der Waals surface area contributed by atoms with E-state index in [4.69, 9.17) is 10.00 Å². The Kier molecular flexibility index (Phi) is 6.35. The maximum atomic E-state index is 12.0. The molecule has 0 saturated heterocycles. The van der Waals surface area contributed by atoms with Crippen LogP contribution in [0.1, 0.15) is 17.2 Å². The lowest BCUT2D eigenvalue weighted by atomic mass is 10.1. The van der Waals surface area contributed by atoms with Gasteiger partial charge in [0.1, 0.15) is 11.8 Å². The summed E-state index contributed by atoms with van der Waals surface area (Å²) in [5, 5.41) is 11.9. The maximum absolute atomic E-state index is 12.0. The monoisotopic (exact) mass is 323 g/mol. The average Bonchev–Trinajstić information content (AvgIpc) is 2.61. The Morgan fingerprint density at radius 1 is 1.17 bits per heavy atom. The highest BCUT2D eigenvalue weighted by Gasteiger charge is 2.15. The lowest BCUT2D eigenvalue weighted by Gasteiger charge is -2.25. The second kappa shape index (κ2) is 8.70. The van der Waals surface area contributed by atoms with Gasteiger partial charge in [-0.2, -0.15) is 5.26 Å². The largest absolute Gasteiger partial charge is 0.482 e. The number of amides is 1. The van der Waals surface area contributed by atoms with Crippen LogP contribution in [0.15, 0.2) is 54.6 Å². The summed E-state index contributed by atoms with van der Waals surface area (Å²) in [4.78, 5) is 14.1. The molecule has 2 aromatic rings. The maximum Gasteiger partial charge on any atom is 0.258 e. The number of nitriles is 1. The van der Waals surface area contributed by atoms with Crippen LogP contribution in [0.5, 0.6) is 5.75 Å². The number of carbonyl (C=O) groups excluding carboxylic acids is 1. The number of likely N-dealkylation sites (N-methyl/N-ethyl adjacent to an activating group) is 1. The van der Waals surface area contributed by atoms with Gasteiger partial charge in [0.15, 0.2) is 6.61 Å². The van der Waals surface area contributed by atoms with Crippen LogP contribution >= 0.6 is 0 Å². The fraction of sp³-hybridized carbons (Fsp3) is 0.263.